The molecule has 1 amide bonds. The second-order valence-corrected chi connectivity index (χ2v) is 6.71. The van der Waals surface area contributed by atoms with Gasteiger partial charge in [0.2, 0.25) is 0 Å². The normalized spacial score (nSPS) is 14.5. The number of halogens is 1. The van der Waals surface area contributed by atoms with Crippen molar-refractivity contribution in [1.82, 2.24) is 25.1 Å². The van der Waals surface area contributed by atoms with Gasteiger partial charge in [-0.25, -0.2) is 9.37 Å². The van der Waals surface area contributed by atoms with E-state index in [9.17, 15) is 9.18 Å². The Hall–Kier alpha value is -3.48. The van der Waals surface area contributed by atoms with Gasteiger partial charge in [-0.15, -0.1) is 0 Å². The molecule has 1 fully saturated rings. The summed E-state index contributed by atoms with van der Waals surface area (Å²) in [6, 6.07) is 10.5. The number of pyridine rings is 1. The van der Waals surface area contributed by atoms with Gasteiger partial charge in [-0.2, -0.15) is 5.10 Å². The molecule has 1 aliphatic heterocycles. The molecule has 4 heterocycles. The van der Waals surface area contributed by atoms with E-state index in [0.717, 1.165) is 16.6 Å². The van der Waals surface area contributed by atoms with Crippen molar-refractivity contribution < 1.29 is 9.18 Å². The first kappa shape index (κ1) is 15.7. The number of H-pyrrole nitrogens is 2. The van der Waals surface area contributed by atoms with E-state index in [1.807, 2.05) is 18.2 Å². The number of carbonyl (C=O) groups excluding carboxylic acids is 1. The molecular weight excluding hydrogens is 345 g/mol. The minimum atomic E-state index is -0.210. The van der Waals surface area contributed by atoms with Crippen LogP contribution in [0.25, 0.3) is 22.3 Å². The molecule has 1 saturated heterocycles. The maximum absolute atomic E-state index is 13.9. The zero-order valence-electron chi connectivity index (χ0n) is 14.3. The Labute approximate surface area is 154 Å². The number of nitrogens with one attached hydrogen (secondary N) is 2. The van der Waals surface area contributed by atoms with Gasteiger partial charge in [0.1, 0.15) is 11.5 Å². The van der Waals surface area contributed by atoms with Crippen molar-refractivity contribution in [3.05, 3.63) is 71.9 Å². The predicted octanol–water partition coefficient (Wildman–Crippen LogP) is 3.33. The number of benzene rings is 1. The Morgan fingerprint density at radius 3 is 2.78 bits per heavy atom. The zero-order chi connectivity index (χ0) is 18.4. The third kappa shape index (κ3) is 2.59. The zero-order valence-corrected chi connectivity index (χ0v) is 14.3. The minimum absolute atomic E-state index is 0.0474. The molecule has 4 aromatic rings. The van der Waals surface area contributed by atoms with Crippen LogP contribution in [0.2, 0.25) is 0 Å². The highest BCUT2D eigenvalue weighted by atomic mass is 19.1. The quantitative estimate of drug-likeness (QED) is 0.588. The number of carbonyl (C=O) groups is 1. The Bertz CT molecular complexity index is 1130. The lowest BCUT2D eigenvalue weighted by Gasteiger charge is -2.39. The van der Waals surface area contributed by atoms with E-state index in [1.54, 1.807) is 35.6 Å². The molecule has 1 aromatic carbocycles. The monoisotopic (exact) mass is 361 g/mol. The molecule has 134 valence electrons. The average Bonchev–Trinajstić information content (AvgIpc) is 3.31. The summed E-state index contributed by atoms with van der Waals surface area (Å²) in [7, 11) is 0. The molecule has 0 unspecified atom stereocenters. The first-order chi connectivity index (χ1) is 13.2. The summed E-state index contributed by atoms with van der Waals surface area (Å²) in [5, 5.41) is 7.47. The van der Waals surface area contributed by atoms with Crippen LogP contribution in [-0.2, 0) is 0 Å². The standard InChI is InChI=1S/C20H16FN5O/c21-17-4-2-1-3-14(17)13-10-26(11-13)20(27)16-9-22-19-15(16)5-6-18(25-19)12-7-23-24-8-12/h1-9,13H,10-11H2,(H,22,25)(H,23,24). The summed E-state index contributed by atoms with van der Waals surface area (Å²) >= 11 is 0. The van der Waals surface area contributed by atoms with E-state index in [4.69, 9.17) is 0 Å². The van der Waals surface area contributed by atoms with E-state index >= 15 is 0 Å². The molecule has 5 rings (SSSR count). The third-order valence-electron chi connectivity index (χ3n) is 5.08. The maximum atomic E-state index is 13.9. The molecule has 0 saturated carbocycles. The van der Waals surface area contributed by atoms with Crippen molar-refractivity contribution in [3.8, 4) is 11.3 Å². The highest BCUT2D eigenvalue weighted by molar-refractivity contribution is 6.06. The molecule has 0 aliphatic carbocycles. The van der Waals surface area contributed by atoms with Crippen LogP contribution in [0.4, 0.5) is 4.39 Å². The van der Waals surface area contributed by atoms with Gasteiger partial charge in [0.15, 0.2) is 0 Å². The second-order valence-electron chi connectivity index (χ2n) is 6.71. The number of hydrogen-bond donors (Lipinski definition) is 2. The van der Waals surface area contributed by atoms with E-state index in [-0.39, 0.29) is 17.6 Å². The van der Waals surface area contributed by atoms with Crippen LogP contribution in [0.5, 0.6) is 0 Å². The van der Waals surface area contributed by atoms with Crippen molar-refractivity contribution >= 4 is 16.9 Å². The molecule has 0 radical (unpaired) electrons. The lowest BCUT2D eigenvalue weighted by Crippen LogP contribution is -2.48. The molecular formula is C20H16FN5O. The van der Waals surface area contributed by atoms with Crippen molar-refractivity contribution in [2.75, 3.05) is 13.1 Å². The van der Waals surface area contributed by atoms with E-state index < -0.39 is 0 Å². The fourth-order valence-electron chi connectivity index (χ4n) is 3.55. The first-order valence-corrected chi connectivity index (χ1v) is 8.71. The van der Waals surface area contributed by atoms with Crippen molar-refractivity contribution in [2.24, 2.45) is 0 Å². The summed E-state index contributed by atoms with van der Waals surface area (Å²) < 4.78 is 13.9. The Kier molecular flexibility index (Phi) is 3.53. The molecule has 0 atom stereocenters. The number of amides is 1. The van der Waals surface area contributed by atoms with Gasteiger partial charge in [0, 0.05) is 42.4 Å². The van der Waals surface area contributed by atoms with Crippen molar-refractivity contribution in [3.63, 3.8) is 0 Å². The highest BCUT2D eigenvalue weighted by Gasteiger charge is 2.34. The number of fused-ring (bicyclic) bond motifs is 1. The minimum Gasteiger partial charge on any atom is -0.345 e. The summed E-state index contributed by atoms with van der Waals surface area (Å²) in [6.45, 7) is 1.04. The van der Waals surface area contributed by atoms with Crippen LogP contribution in [0, 0.1) is 5.82 Å². The third-order valence-corrected chi connectivity index (χ3v) is 5.08. The lowest BCUT2D eigenvalue weighted by molar-refractivity contribution is 0.0601. The van der Waals surface area contributed by atoms with Crippen LogP contribution < -0.4 is 0 Å². The Morgan fingerprint density at radius 1 is 1.15 bits per heavy atom. The van der Waals surface area contributed by atoms with Crippen LogP contribution >= 0.6 is 0 Å². The van der Waals surface area contributed by atoms with Gasteiger partial charge in [-0.05, 0) is 23.8 Å². The molecule has 3 aromatic heterocycles. The van der Waals surface area contributed by atoms with E-state index in [0.29, 0.717) is 29.9 Å². The number of likely N-dealkylation sites (tertiary alicyclic amines) is 1. The fourth-order valence-corrected chi connectivity index (χ4v) is 3.55. The van der Waals surface area contributed by atoms with Gasteiger partial charge in [0.25, 0.3) is 5.91 Å². The number of hydrogen-bond acceptors (Lipinski definition) is 3. The molecule has 0 bridgehead atoms. The maximum Gasteiger partial charge on any atom is 0.256 e. The summed E-state index contributed by atoms with van der Waals surface area (Å²) in [5.74, 6) is -0.226. The fraction of sp³-hybridized carbons (Fsp3) is 0.150. The summed E-state index contributed by atoms with van der Waals surface area (Å²) in [5.41, 5.74) is 3.58. The largest absolute Gasteiger partial charge is 0.345 e. The SMILES string of the molecule is O=C(c1c[nH]c2nc(-c3cn[nH]c3)ccc12)N1CC(c2ccccc2F)C1. The first-order valence-electron chi connectivity index (χ1n) is 8.71. The smallest absolute Gasteiger partial charge is 0.256 e. The van der Waals surface area contributed by atoms with E-state index in [2.05, 4.69) is 20.2 Å². The molecule has 0 spiro atoms. The average molecular weight is 361 g/mol. The highest BCUT2D eigenvalue weighted by Crippen LogP contribution is 2.31. The predicted molar refractivity (Wildman–Crippen MR) is 98.7 cm³/mol. The molecule has 6 nitrogen and oxygen atoms in total. The topological polar surface area (TPSA) is 77.7 Å². The number of rotatable bonds is 3. The number of nitrogens with zero attached hydrogens (tertiary/aromatic N) is 3. The lowest BCUT2D eigenvalue weighted by atomic mass is 9.90. The molecule has 7 heteroatoms. The van der Waals surface area contributed by atoms with Crippen molar-refractivity contribution in [2.45, 2.75) is 5.92 Å². The van der Waals surface area contributed by atoms with E-state index in [1.165, 1.54) is 6.07 Å². The van der Waals surface area contributed by atoms with Crippen LogP contribution in [-0.4, -0.2) is 44.1 Å². The van der Waals surface area contributed by atoms with Crippen LogP contribution in [0.1, 0.15) is 21.8 Å². The van der Waals surface area contributed by atoms with Gasteiger partial charge in [-0.3, -0.25) is 9.89 Å². The summed E-state index contributed by atoms with van der Waals surface area (Å²) in [4.78, 5) is 22.2. The van der Waals surface area contributed by atoms with Gasteiger partial charge < -0.3 is 9.88 Å². The molecule has 2 N–H and O–H groups in total. The Balaban J connectivity index is 1.37. The van der Waals surface area contributed by atoms with Gasteiger partial charge in [-0.1, -0.05) is 18.2 Å². The number of aromatic amines is 2. The van der Waals surface area contributed by atoms with Gasteiger partial charge >= 0.3 is 0 Å². The van der Waals surface area contributed by atoms with Gasteiger partial charge in [0.05, 0.1) is 17.5 Å². The molecule has 27 heavy (non-hydrogen) atoms. The van der Waals surface area contributed by atoms with Crippen molar-refractivity contribution in [1.29, 1.82) is 0 Å². The molecule has 1 aliphatic rings. The summed E-state index contributed by atoms with van der Waals surface area (Å²) in [6.07, 6.45) is 5.16. The second kappa shape index (κ2) is 6.05. The Morgan fingerprint density at radius 2 is 2.00 bits per heavy atom. The van der Waals surface area contributed by atoms with Crippen LogP contribution in [0.15, 0.2) is 55.0 Å². The number of aromatic nitrogens is 4. The van der Waals surface area contributed by atoms with Crippen LogP contribution in [0.3, 0.4) is 0 Å².